The van der Waals surface area contributed by atoms with E-state index in [0.29, 0.717) is 10.7 Å². The van der Waals surface area contributed by atoms with Crippen LogP contribution in [-0.2, 0) is 5.75 Å². The highest BCUT2D eigenvalue weighted by Gasteiger charge is 2.03. The Morgan fingerprint density at radius 3 is 3.05 bits per heavy atom. The third-order valence-electron chi connectivity index (χ3n) is 2.64. The molecule has 2 N–H and O–H groups in total. The van der Waals surface area contributed by atoms with Crippen LogP contribution in [0.1, 0.15) is 19.0 Å². The highest BCUT2D eigenvalue weighted by molar-refractivity contribution is 7.98. The number of nitrogens with zero attached hydrogens (tertiary/aromatic N) is 2. The quantitative estimate of drug-likeness (QED) is 0.861. The van der Waals surface area contributed by atoms with Crippen LogP contribution >= 0.6 is 23.4 Å². The van der Waals surface area contributed by atoms with Gasteiger partial charge in [-0.2, -0.15) is 11.8 Å². The van der Waals surface area contributed by atoms with Crippen LogP contribution < -0.4 is 11.3 Å². The van der Waals surface area contributed by atoms with Gasteiger partial charge in [-0.25, -0.2) is 4.98 Å². The first-order valence-electron chi connectivity index (χ1n) is 6.07. The SMILES string of the molecule is CC(N)CCSCc1cc(=O)n2cc(Cl)ccc2n1. The molecule has 19 heavy (non-hydrogen) atoms. The summed E-state index contributed by atoms with van der Waals surface area (Å²) in [6.45, 7) is 1.99. The summed E-state index contributed by atoms with van der Waals surface area (Å²) < 4.78 is 1.46. The Morgan fingerprint density at radius 2 is 2.32 bits per heavy atom. The molecule has 2 aromatic rings. The highest BCUT2D eigenvalue weighted by atomic mass is 35.5. The summed E-state index contributed by atoms with van der Waals surface area (Å²) in [5, 5.41) is 0.524. The lowest BCUT2D eigenvalue weighted by molar-refractivity contribution is 0.721. The van der Waals surface area contributed by atoms with Gasteiger partial charge in [0, 0.05) is 24.1 Å². The fourth-order valence-corrected chi connectivity index (χ4v) is 2.85. The number of hydrogen-bond donors (Lipinski definition) is 1. The standard InChI is InChI=1S/C13H16ClN3OS/c1-9(15)4-5-19-8-11-6-13(18)17-7-10(14)2-3-12(17)16-11/h2-3,6-7,9H,4-5,8,15H2,1H3. The van der Waals surface area contributed by atoms with E-state index in [-0.39, 0.29) is 11.6 Å². The molecule has 1 unspecified atom stereocenters. The molecule has 2 rings (SSSR count). The van der Waals surface area contributed by atoms with Crippen molar-refractivity contribution in [2.75, 3.05) is 5.75 Å². The van der Waals surface area contributed by atoms with E-state index in [2.05, 4.69) is 4.98 Å². The molecule has 2 aromatic heterocycles. The largest absolute Gasteiger partial charge is 0.328 e. The molecular weight excluding hydrogens is 282 g/mol. The van der Waals surface area contributed by atoms with Crippen LogP contribution in [0.25, 0.3) is 5.65 Å². The Hall–Kier alpha value is -1.04. The van der Waals surface area contributed by atoms with Crippen LogP contribution in [0.4, 0.5) is 0 Å². The molecule has 4 nitrogen and oxygen atoms in total. The van der Waals surface area contributed by atoms with Gasteiger partial charge in [-0.1, -0.05) is 11.6 Å². The summed E-state index contributed by atoms with van der Waals surface area (Å²) in [5.41, 5.74) is 7.01. The minimum absolute atomic E-state index is 0.102. The van der Waals surface area contributed by atoms with E-state index in [9.17, 15) is 4.79 Å². The fraction of sp³-hybridized carbons (Fsp3) is 0.385. The van der Waals surface area contributed by atoms with Gasteiger partial charge in [-0.3, -0.25) is 9.20 Å². The number of rotatable bonds is 5. The average molecular weight is 298 g/mol. The molecular formula is C13H16ClN3OS. The molecule has 0 aliphatic heterocycles. The summed E-state index contributed by atoms with van der Waals surface area (Å²) in [7, 11) is 0. The van der Waals surface area contributed by atoms with E-state index in [4.69, 9.17) is 17.3 Å². The van der Waals surface area contributed by atoms with Crippen molar-refractivity contribution in [2.24, 2.45) is 5.73 Å². The minimum Gasteiger partial charge on any atom is -0.328 e. The van der Waals surface area contributed by atoms with Crippen molar-refractivity contribution in [3.8, 4) is 0 Å². The minimum atomic E-state index is -0.102. The molecule has 1 atom stereocenters. The predicted molar refractivity (Wildman–Crippen MR) is 80.9 cm³/mol. The maximum Gasteiger partial charge on any atom is 0.258 e. The van der Waals surface area contributed by atoms with Crippen molar-refractivity contribution in [1.82, 2.24) is 9.38 Å². The highest BCUT2D eigenvalue weighted by Crippen LogP contribution is 2.13. The number of aromatic nitrogens is 2. The van der Waals surface area contributed by atoms with E-state index < -0.39 is 0 Å². The molecule has 0 aliphatic carbocycles. The number of nitrogens with two attached hydrogens (primary N) is 1. The van der Waals surface area contributed by atoms with Gasteiger partial charge in [0.2, 0.25) is 0 Å². The van der Waals surface area contributed by atoms with Gasteiger partial charge in [0.15, 0.2) is 0 Å². The summed E-state index contributed by atoms with van der Waals surface area (Å²) in [6, 6.07) is 5.25. The number of halogens is 1. The Labute approximate surface area is 121 Å². The number of fused-ring (bicyclic) bond motifs is 1. The van der Waals surface area contributed by atoms with Gasteiger partial charge in [0.1, 0.15) is 5.65 Å². The Morgan fingerprint density at radius 1 is 1.53 bits per heavy atom. The zero-order valence-electron chi connectivity index (χ0n) is 10.7. The average Bonchev–Trinajstić information content (AvgIpc) is 2.35. The van der Waals surface area contributed by atoms with E-state index in [1.54, 1.807) is 36.2 Å². The zero-order chi connectivity index (χ0) is 13.8. The van der Waals surface area contributed by atoms with Crippen molar-refractivity contribution in [1.29, 1.82) is 0 Å². The van der Waals surface area contributed by atoms with Crippen LogP contribution in [0.3, 0.4) is 0 Å². The summed E-state index contributed by atoms with van der Waals surface area (Å²) in [4.78, 5) is 16.4. The lowest BCUT2D eigenvalue weighted by atomic mass is 10.3. The second kappa shape index (κ2) is 6.41. The van der Waals surface area contributed by atoms with Gasteiger partial charge >= 0.3 is 0 Å². The van der Waals surface area contributed by atoms with E-state index in [1.807, 2.05) is 6.92 Å². The van der Waals surface area contributed by atoms with E-state index >= 15 is 0 Å². The van der Waals surface area contributed by atoms with Gasteiger partial charge in [-0.15, -0.1) is 0 Å². The maximum atomic E-state index is 11.9. The Bertz CT molecular complexity index is 627. The first kappa shape index (κ1) is 14.4. The molecule has 0 aromatic carbocycles. The first-order chi connectivity index (χ1) is 9.06. The molecule has 0 spiro atoms. The Balaban J connectivity index is 2.13. The van der Waals surface area contributed by atoms with Crippen LogP contribution in [0.5, 0.6) is 0 Å². The van der Waals surface area contributed by atoms with Crippen LogP contribution in [-0.4, -0.2) is 21.2 Å². The first-order valence-corrected chi connectivity index (χ1v) is 7.60. The monoisotopic (exact) mass is 297 g/mol. The summed E-state index contributed by atoms with van der Waals surface area (Å²) in [6.07, 6.45) is 2.55. The normalized spacial score (nSPS) is 12.8. The van der Waals surface area contributed by atoms with Crippen molar-refractivity contribution >= 4 is 29.0 Å². The summed E-state index contributed by atoms with van der Waals surface area (Å²) in [5.74, 6) is 1.69. The topological polar surface area (TPSA) is 60.4 Å². The molecule has 0 bridgehead atoms. The second-order valence-electron chi connectivity index (χ2n) is 4.48. The molecule has 0 aliphatic rings. The van der Waals surface area contributed by atoms with Gasteiger partial charge in [-0.05, 0) is 31.2 Å². The number of thioether (sulfide) groups is 1. The molecule has 0 fully saturated rings. The molecule has 6 heteroatoms. The van der Waals surface area contributed by atoms with Gasteiger partial charge in [0.05, 0.1) is 10.7 Å². The Kier molecular flexibility index (Phi) is 4.85. The van der Waals surface area contributed by atoms with Gasteiger partial charge < -0.3 is 5.73 Å². The second-order valence-corrected chi connectivity index (χ2v) is 6.02. The van der Waals surface area contributed by atoms with Gasteiger partial charge in [0.25, 0.3) is 5.56 Å². The van der Waals surface area contributed by atoms with Crippen LogP contribution in [0, 0.1) is 0 Å². The van der Waals surface area contributed by atoms with Crippen molar-refractivity contribution < 1.29 is 0 Å². The predicted octanol–water partition coefficient (Wildman–Crippen LogP) is 2.32. The lowest BCUT2D eigenvalue weighted by Gasteiger charge is -2.06. The molecule has 0 radical (unpaired) electrons. The molecule has 102 valence electrons. The summed E-state index contributed by atoms with van der Waals surface area (Å²) >= 11 is 7.60. The van der Waals surface area contributed by atoms with E-state index in [0.717, 1.165) is 23.6 Å². The molecule has 0 saturated heterocycles. The number of pyridine rings is 1. The maximum absolute atomic E-state index is 11.9. The van der Waals surface area contributed by atoms with Crippen molar-refractivity contribution in [3.05, 3.63) is 45.5 Å². The fourth-order valence-electron chi connectivity index (χ4n) is 1.65. The third-order valence-corrected chi connectivity index (χ3v) is 3.89. The van der Waals surface area contributed by atoms with Crippen molar-refractivity contribution in [3.63, 3.8) is 0 Å². The molecule has 0 saturated carbocycles. The molecule has 0 amide bonds. The third kappa shape index (κ3) is 3.96. The smallest absolute Gasteiger partial charge is 0.258 e. The van der Waals surface area contributed by atoms with Crippen molar-refractivity contribution in [2.45, 2.75) is 25.1 Å². The number of hydrogen-bond acceptors (Lipinski definition) is 4. The lowest BCUT2D eigenvalue weighted by Crippen LogP contribution is -2.16. The van der Waals surface area contributed by atoms with E-state index in [1.165, 1.54) is 4.40 Å². The van der Waals surface area contributed by atoms with Crippen LogP contribution in [0.15, 0.2) is 29.2 Å². The zero-order valence-corrected chi connectivity index (χ0v) is 12.2. The molecule has 2 heterocycles. The van der Waals surface area contributed by atoms with Crippen LogP contribution in [0.2, 0.25) is 5.02 Å².